The Morgan fingerprint density at radius 1 is 0.647 bits per heavy atom. The Labute approximate surface area is 114 Å². The number of rotatable bonds is 12. The summed E-state index contributed by atoms with van der Waals surface area (Å²) in [6.07, 6.45) is 9.38. The molecule has 0 fully saturated rings. The van der Waals surface area contributed by atoms with E-state index in [-0.39, 0.29) is 0 Å². The first kappa shape index (κ1) is 17.8. The molecule has 0 aliphatic rings. The van der Waals surface area contributed by atoms with E-state index in [2.05, 4.69) is 27.7 Å². The number of hydrogen-bond donors (Lipinski definition) is 0. The molecule has 0 aliphatic heterocycles. The van der Waals surface area contributed by atoms with Crippen molar-refractivity contribution in [3.05, 3.63) is 0 Å². The summed E-state index contributed by atoms with van der Waals surface area (Å²) in [5, 5.41) is 0. The van der Waals surface area contributed by atoms with Crippen molar-refractivity contribution in [2.24, 2.45) is 0 Å². The molecule has 0 aromatic rings. The van der Waals surface area contributed by atoms with E-state index < -0.39 is 18.8 Å². The maximum atomic E-state index is 6.52. The van der Waals surface area contributed by atoms with Crippen LogP contribution in [0.3, 0.4) is 0 Å². The van der Waals surface area contributed by atoms with Gasteiger partial charge in [0.2, 0.25) is 0 Å². The van der Waals surface area contributed by atoms with Crippen molar-refractivity contribution in [3.63, 3.8) is 0 Å². The van der Waals surface area contributed by atoms with Gasteiger partial charge in [-0.1, -0.05) is 0 Å². The predicted molar refractivity (Wildman–Crippen MR) is 81.1 cm³/mol. The van der Waals surface area contributed by atoms with Crippen molar-refractivity contribution >= 4 is 18.8 Å². The van der Waals surface area contributed by atoms with E-state index in [1.165, 1.54) is 58.3 Å². The Bertz CT molecular complexity index is 151. The summed E-state index contributed by atoms with van der Waals surface area (Å²) in [5.74, 6) is 0. The quantitative estimate of drug-likeness (QED) is 0.322. The molecule has 0 radical (unpaired) electrons. The van der Waals surface area contributed by atoms with Crippen molar-refractivity contribution in [3.8, 4) is 0 Å². The van der Waals surface area contributed by atoms with Crippen molar-refractivity contribution in [2.45, 2.75) is 86.0 Å². The Kier molecular flexibility index (Phi) is 12.4. The van der Waals surface area contributed by atoms with E-state index in [1.54, 1.807) is 0 Å². The molecule has 0 N–H and O–H groups in total. The number of hydrogen-bond acceptors (Lipinski definition) is 1. The average Bonchev–Trinajstić information content (AvgIpc) is 2.34. The van der Waals surface area contributed by atoms with Crippen molar-refractivity contribution in [2.75, 3.05) is 6.61 Å². The van der Waals surface area contributed by atoms with Crippen LogP contribution in [0.2, 0.25) is 13.3 Å². The summed E-state index contributed by atoms with van der Waals surface area (Å²) in [7, 11) is 0. The Hall–Kier alpha value is 0.759. The van der Waals surface area contributed by atoms with Gasteiger partial charge >= 0.3 is 114 Å². The first-order valence-corrected chi connectivity index (χ1v) is 15.1. The van der Waals surface area contributed by atoms with Gasteiger partial charge in [0.15, 0.2) is 0 Å². The Morgan fingerprint density at radius 2 is 1.18 bits per heavy atom. The zero-order valence-corrected chi connectivity index (χ0v) is 15.5. The zero-order chi connectivity index (χ0) is 13.0. The summed E-state index contributed by atoms with van der Waals surface area (Å²) < 4.78 is 10.9. The number of unbranched alkanes of at least 4 members (excludes halogenated alkanes) is 3. The van der Waals surface area contributed by atoms with E-state index in [9.17, 15) is 0 Å². The summed E-state index contributed by atoms with van der Waals surface area (Å²) in [4.78, 5) is 0. The fourth-order valence-corrected chi connectivity index (χ4v) is 15.8. The molecule has 0 unspecified atom stereocenters. The summed E-state index contributed by atoms with van der Waals surface area (Å²) in [6.45, 7) is 10.3. The zero-order valence-electron chi connectivity index (χ0n) is 12.7. The van der Waals surface area contributed by atoms with Gasteiger partial charge in [0.25, 0.3) is 0 Å². The third-order valence-electron chi connectivity index (χ3n) is 3.58. The molecule has 0 saturated heterocycles. The molecule has 0 rings (SSSR count). The first-order valence-electron chi connectivity index (χ1n) is 7.88. The molecule has 0 saturated carbocycles. The van der Waals surface area contributed by atoms with Gasteiger partial charge in [-0.2, -0.15) is 0 Å². The predicted octanol–water partition coefficient (Wildman–Crippen LogP) is 5.76. The first-order chi connectivity index (χ1) is 8.24. The molecule has 2 heteroatoms. The molecule has 0 aliphatic carbocycles. The van der Waals surface area contributed by atoms with E-state index >= 15 is 0 Å². The standard InChI is InChI=1S/C4H9O.2C4H9.C3H7.Sn/c1-2-3-4-5;2*1-3-4-2;1-3-2;/h2-4H2,1H3;2*1,3-4H2,2H3;1,3H2,2H3;/q-1;;;;+1. The van der Waals surface area contributed by atoms with Crippen LogP contribution in [0, 0.1) is 0 Å². The van der Waals surface area contributed by atoms with Crippen LogP contribution >= 0.6 is 0 Å². The van der Waals surface area contributed by atoms with E-state index in [0.29, 0.717) is 0 Å². The molecule has 0 spiro atoms. The van der Waals surface area contributed by atoms with Crippen LogP contribution in [-0.2, 0) is 3.07 Å². The molecular formula is C15H34OSn. The molecule has 0 bridgehead atoms. The van der Waals surface area contributed by atoms with E-state index in [0.717, 1.165) is 6.61 Å². The van der Waals surface area contributed by atoms with Gasteiger partial charge in [0.1, 0.15) is 0 Å². The summed E-state index contributed by atoms with van der Waals surface area (Å²) in [5.41, 5.74) is 0. The minimum absolute atomic E-state index is 1.06. The van der Waals surface area contributed by atoms with Crippen molar-refractivity contribution in [1.29, 1.82) is 0 Å². The van der Waals surface area contributed by atoms with Crippen LogP contribution in [0.25, 0.3) is 0 Å². The molecule has 17 heavy (non-hydrogen) atoms. The second-order valence-corrected chi connectivity index (χ2v) is 17.2. The second kappa shape index (κ2) is 11.8. The molecular weight excluding hydrogens is 315 g/mol. The fraction of sp³-hybridized carbons (Fsp3) is 1.00. The Balaban J connectivity index is 4.32. The van der Waals surface area contributed by atoms with Crippen LogP contribution in [0.5, 0.6) is 0 Å². The third kappa shape index (κ3) is 8.47. The van der Waals surface area contributed by atoms with E-state index in [4.69, 9.17) is 3.07 Å². The molecule has 1 nitrogen and oxygen atoms in total. The van der Waals surface area contributed by atoms with Gasteiger partial charge in [-0.3, -0.25) is 0 Å². The monoisotopic (exact) mass is 350 g/mol. The van der Waals surface area contributed by atoms with Gasteiger partial charge in [0, 0.05) is 0 Å². The molecule has 0 amide bonds. The maximum absolute atomic E-state index is 6.52. The van der Waals surface area contributed by atoms with Crippen molar-refractivity contribution < 1.29 is 3.07 Å². The van der Waals surface area contributed by atoms with Crippen LogP contribution in [0.15, 0.2) is 0 Å². The SMILES string of the molecule is CCCC[O][Sn]([CH2]CC)([CH2]CCC)[CH2]CCC. The summed E-state index contributed by atoms with van der Waals surface area (Å²) >= 11 is -2.18. The molecule has 0 atom stereocenters. The van der Waals surface area contributed by atoms with Crippen molar-refractivity contribution in [1.82, 2.24) is 0 Å². The van der Waals surface area contributed by atoms with Gasteiger partial charge in [0.05, 0.1) is 0 Å². The van der Waals surface area contributed by atoms with Gasteiger partial charge in [-0.05, 0) is 0 Å². The van der Waals surface area contributed by atoms with Crippen LogP contribution in [0.1, 0.15) is 72.6 Å². The molecule has 0 heterocycles. The Morgan fingerprint density at radius 3 is 1.59 bits per heavy atom. The van der Waals surface area contributed by atoms with Crippen LogP contribution in [0.4, 0.5) is 0 Å². The van der Waals surface area contributed by atoms with Gasteiger partial charge < -0.3 is 0 Å². The minimum atomic E-state index is -2.18. The molecule has 0 aromatic heterocycles. The van der Waals surface area contributed by atoms with Crippen LogP contribution < -0.4 is 0 Å². The molecule has 104 valence electrons. The van der Waals surface area contributed by atoms with Crippen LogP contribution in [-0.4, -0.2) is 25.4 Å². The fourth-order valence-electron chi connectivity index (χ4n) is 2.48. The normalized spacial score (nSPS) is 12.0. The van der Waals surface area contributed by atoms with E-state index in [1.807, 2.05) is 0 Å². The van der Waals surface area contributed by atoms with Gasteiger partial charge in [-0.15, -0.1) is 0 Å². The third-order valence-corrected chi connectivity index (χ3v) is 17.2. The second-order valence-electron chi connectivity index (χ2n) is 5.34. The molecule has 0 aromatic carbocycles. The average molecular weight is 349 g/mol. The topological polar surface area (TPSA) is 9.23 Å². The van der Waals surface area contributed by atoms with Gasteiger partial charge in [-0.25, -0.2) is 0 Å². The summed E-state index contributed by atoms with van der Waals surface area (Å²) in [6, 6.07) is 0.